The van der Waals surface area contributed by atoms with Gasteiger partial charge in [-0.05, 0) is 29.9 Å². The molecular weight excluding hydrogens is 241 g/mol. The number of nitrogens with two attached hydrogens (primary N) is 1. The summed E-state index contributed by atoms with van der Waals surface area (Å²) in [7, 11) is 0. The monoisotopic (exact) mass is 257 g/mol. The van der Waals surface area contributed by atoms with Crippen molar-refractivity contribution < 1.29 is 0 Å². The Morgan fingerprint density at radius 3 is 2.44 bits per heavy atom. The Kier molecular flexibility index (Phi) is 2.98. The summed E-state index contributed by atoms with van der Waals surface area (Å²) >= 11 is 12.3. The van der Waals surface area contributed by atoms with Crippen LogP contribution < -0.4 is 5.73 Å². The zero-order valence-electron chi connectivity index (χ0n) is 9.69. The predicted octanol–water partition coefficient (Wildman–Crippen LogP) is 4.36. The first-order valence-corrected chi connectivity index (χ1v) is 6.37. The van der Waals surface area contributed by atoms with E-state index in [1.807, 2.05) is 12.1 Å². The molecule has 0 aliphatic heterocycles. The van der Waals surface area contributed by atoms with Crippen LogP contribution in [0, 0.1) is 5.41 Å². The van der Waals surface area contributed by atoms with Crippen molar-refractivity contribution in [2.24, 2.45) is 11.1 Å². The third kappa shape index (κ3) is 1.66. The van der Waals surface area contributed by atoms with Crippen molar-refractivity contribution in [3.05, 3.63) is 33.8 Å². The number of rotatable bonds is 1. The molecule has 0 heterocycles. The van der Waals surface area contributed by atoms with Gasteiger partial charge in [-0.15, -0.1) is 0 Å². The van der Waals surface area contributed by atoms with Crippen molar-refractivity contribution in [2.45, 2.75) is 38.6 Å². The lowest BCUT2D eigenvalue weighted by molar-refractivity contribution is 0.210. The van der Waals surface area contributed by atoms with Crippen molar-refractivity contribution in [1.82, 2.24) is 0 Å². The average molecular weight is 258 g/mol. The van der Waals surface area contributed by atoms with Crippen LogP contribution in [0.3, 0.4) is 0 Å². The van der Waals surface area contributed by atoms with Gasteiger partial charge in [-0.3, -0.25) is 0 Å². The smallest absolute Gasteiger partial charge is 0.0643 e. The highest BCUT2D eigenvalue weighted by Crippen LogP contribution is 2.52. The fourth-order valence-corrected chi connectivity index (χ4v) is 3.19. The molecule has 1 aliphatic carbocycles. The molecule has 0 spiro atoms. The van der Waals surface area contributed by atoms with Crippen molar-refractivity contribution in [2.75, 3.05) is 0 Å². The van der Waals surface area contributed by atoms with Crippen LogP contribution in [-0.4, -0.2) is 0 Å². The quantitative estimate of drug-likeness (QED) is 0.795. The van der Waals surface area contributed by atoms with E-state index >= 15 is 0 Å². The van der Waals surface area contributed by atoms with E-state index < -0.39 is 0 Å². The molecule has 2 rings (SSSR count). The third-order valence-corrected chi connectivity index (χ3v) is 4.83. The predicted molar refractivity (Wildman–Crippen MR) is 70.0 cm³/mol. The Labute approximate surface area is 107 Å². The average Bonchev–Trinajstić information content (AvgIpc) is 2.47. The van der Waals surface area contributed by atoms with E-state index in [1.165, 1.54) is 0 Å². The van der Waals surface area contributed by atoms with E-state index in [0.717, 1.165) is 24.8 Å². The van der Waals surface area contributed by atoms with Crippen LogP contribution in [0.2, 0.25) is 10.0 Å². The first-order valence-electron chi connectivity index (χ1n) is 5.62. The van der Waals surface area contributed by atoms with Gasteiger partial charge in [0.25, 0.3) is 0 Å². The summed E-state index contributed by atoms with van der Waals surface area (Å²) in [6.07, 6.45) is 3.25. The van der Waals surface area contributed by atoms with Crippen molar-refractivity contribution >= 4 is 23.2 Å². The maximum atomic E-state index is 6.58. The molecule has 1 aromatic rings. The highest BCUT2D eigenvalue weighted by Gasteiger charge is 2.47. The molecule has 1 saturated carbocycles. The summed E-state index contributed by atoms with van der Waals surface area (Å²) in [5, 5.41) is 1.20. The van der Waals surface area contributed by atoms with Crippen LogP contribution in [0.5, 0.6) is 0 Å². The first-order chi connectivity index (χ1) is 7.38. The van der Waals surface area contributed by atoms with Gasteiger partial charge in [0.05, 0.1) is 10.0 Å². The van der Waals surface area contributed by atoms with Gasteiger partial charge in [-0.25, -0.2) is 0 Å². The normalized spacial score (nSPS) is 28.3. The Balaban J connectivity index is 2.55. The van der Waals surface area contributed by atoms with Crippen molar-refractivity contribution in [1.29, 1.82) is 0 Å². The number of hydrogen-bond acceptors (Lipinski definition) is 1. The standard InChI is InChI=1S/C13H17Cl2N/c1-12(2)7-4-8-13(12,16)9-5-3-6-10(14)11(9)15/h3,5-6H,4,7-8,16H2,1-2H3. The highest BCUT2D eigenvalue weighted by atomic mass is 35.5. The van der Waals surface area contributed by atoms with E-state index in [0.29, 0.717) is 10.0 Å². The highest BCUT2D eigenvalue weighted by molar-refractivity contribution is 6.42. The Bertz CT molecular complexity index is 414. The summed E-state index contributed by atoms with van der Waals surface area (Å²) in [4.78, 5) is 0. The summed E-state index contributed by atoms with van der Waals surface area (Å²) in [6, 6.07) is 5.73. The number of halogens is 2. The van der Waals surface area contributed by atoms with Crippen LogP contribution in [0.4, 0.5) is 0 Å². The molecule has 0 saturated heterocycles. The van der Waals surface area contributed by atoms with Gasteiger partial charge in [0.15, 0.2) is 0 Å². The van der Waals surface area contributed by atoms with Gasteiger partial charge in [-0.1, -0.05) is 55.6 Å². The van der Waals surface area contributed by atoms with Gasteiger partial charge in [-0.2, -0.15) is 0 Å². The minimum Gasteiger partial charge on any atom is -0.321 e. The van der Waals surface area contributed by atoms with Gasteiger partial charge < -0.3 is 5.73 Å². The van der Waals surface area contributed by atoms with E-state index in [2.05, 4.69) is 13.8 Å². The molecule has 1 unspecified atom stereocenters. The fourth-order valence-electron chi connectivity index (χ4n) is 2.72. The molecule has 1 atom stereocenters. The molecular formula is C13H17Cl2N. The van der Waals surface area contributed by atoms with Crippen LogP contribution in [0.1, 0.15) is 38.7 Å². The van der Waals surface area contributed by atoms with Crippen LogP contribution >= 0.6 is 23.2 Å². The molecule has 3 heteroatoms. The van der Waals surface area contributed by atoms with E-state index in [9.17, 15) is 0 Å². The minimum absolute atomic E-state index is 0.0708. The van der Waals surface area contributed by atoms with Crippen LogP contribution in [-0.2, 0) is 5.54 Å². The number of hydrogen-bond donors (Lipinski definition) is 1. The largest absolute Gasteiger partial charge is 0.321 e. The maximum Gasteiger partial charge on any atom is 0.0643 e. The summed E-state index contributed by atoms with van der Waals surface area (Å²) in [5.41, 5.74) is 7.29. The van der Waals surface area contributed by atoms with Gasteiger partial charge >= 0.3 is 0 Å². The minimum atomic E-state index is -0.352. The zero-order chi connectivity index (χ0) is 12.0. The molecule has 1 aliphatic rings. The molecule has 1 fully saturated rings. The third-order valence-electron chi connectivity index (χ3n) is 4.01. The van der Waals surface area contributed by atoms with Crippen molar-refractivity contribution in [3.8, 4) is 0 Å². The lowest BCUT2D eigenvalue weighted by Crippen LogP contribution is -2.45. The maximum absolute atomic E-state index is 6.58. The van der Waals surface area contributed by atoms with Crippen molar-refractivity contribution in [3.63, 3.8) is 0 Å². The Hall–Kier alpha value is -0.240. The SMILES string of the molecule is CC1(C)CCCC1(N)c1cccc(Cl)c1Cl. The summed E-state index contributed by atoms with van der Waals surface area (Å²) in [6.45, 7) is 4.41. The Morgan fingerprint density at radius 2 is 1.88 bits per heavy atom. The van der Waals surface area contributed by atoms with Crippen LogP contribution in [0.15, 0.2) is 18.2 Å². The second-order valence-electron chi connectivity index (χ2n) is 5.31. The lowest BCUT2D eigenvalue weighted by atomic mass is 9.71. The van der Waals surface area contributed by atoms with Gasteiger partial charge in [0.1, 0.15) is 0 Å². The second kappa shape index (κ2) is 3.90. The topological polar surface area (TPSA) is 26.0 Å². The molecule has 0 aromatic heterocycles. The molecule has 16 heavy (non-hydrogen) atoms. The summed E-state index contributed by atoms with van der Waals surface area (Å²) < 4.78 is 0. The first kappa shape index (κ1) is 12.2. The van der Waals surface area contributed by atoms with Crippen LogP contribution in [0.25, 0.3) is 0 Å². The Morgan fingerprint density at radius 1 is 1.19 bits per heavy atom. The second-order valence-corrected chi connectivity index (χ2v) is 6.10. The molecule has 1 aromatic carbocycles. The van der Waals surface area contributed by atoms with E-state index in [-0.39, 0.29) is 11.0 Å². The fraction of sp³-hybridized carbons (Fsp3) is 0.538. The lowest BCUT2D eigenvalue weighted by Gasteiger charge is -2.39. The van der Waals surface area contributed by atoms with E-state index in [1.54, 1.807) is 6.07 Å². The molecule has 0 bridgehead atoms. The molecule has 88 valence electrons. The van der Waals surface area contributed by atoms with Gasteiger partial charge in [0, 0.05) is 5.54 Å². The zero-order valence-corrected chi connectivity index (χ0v) is 11.2. The van der Waals surface area contributed by atoms with Gasteiger partial charge in [0.2, 0.25) is 0 Å². The summed E-state index contributed by atoms with van der Waals surface area (Å²) in [5.74, 6) is 0. The molecule has 2 N–H and O–H groups in total. The van der Waals surface area contributed by atoms with E-state index in [4.69, 9.17) is 28.9 Å². The molecule has 0 amide bonds. The number of benzene rings is 1. The molecule has 1 nitrogen and oxygen atoms in total. The molecule has 0 radical (unpaired) electrons.